The Labute approximate surface area is 212 Å². The first-order valence-corrected chi connectivity index (χ1v) is 15.7. The highest BCUT2D eigenvalue weighted by molar-refractivity contribution is 4.92. The van der Waals surface area contributed by atoms with E-state index >= 15 is 0 Å². The van der Waals surface area contributed by atoms with E-state index in [1.54, 1.807) is 0 Å². The van der Waals surface area contributed by atoms with E-state index in [0.29, 0.717) is 0 Å². The highest BCUT2D eigenvalue weighted by atomic mass is 15.2. The lowest BCUT2D eigenvalue weighted by Gasteiger charge is -2.48. The van der Waals surface area contributed by atoms with Gasteiger partial charge in [-0.25, -0.2) is 0 Å². The Morgan fingerprint density at radius 3 is 1.85 bits per heavy atom. The minimum atomic E-state index is 0.871. The van der Waals surface area contributed by atoms with Crippen LogP contribution >= 0.6 is 0 Å². The van der Waals surface area contributed by atoms with Crippen molar-refractivity contribution in [3.63, 3.8) is 0 Å². The van der Waals surface area contributed by atoms with Crippen molar-refractivity contribution in [2.45, 2.75) is 128 Å². The summed E-state index contributed by atoms with van der Waals surface area (Å²) in [5, 5.41) is 0. The summed E-state index contributed by atoms with van der Waals surface area (Å²) in [5.74, 6) is 2.94. The topological polar surface area (TPSA) is 6.48 Å². The molecule has 6 aliphatic rings. The van der Waals surface area contributed by atoms with Gasteiger partial charge in [-0.3, -0.25) is 0 Å². The Bertz CT molecular complexity index is 596. The van der Waals surface area contributed by atoms with Crippen molar-refractivity contribution in [1.82, 2.24) is 9.80 Å². The second kappa shape index (κ2) is 15.5. The lowest BCUT2D eigenvalue weighted by atomic mass is 9.70. The number of hydrogen-bond donors (Lipinski definition) is 0. The van der Waals surface area contributed by atoms with Crippen LogP contribution in [0, 0.1) is 17.8 Å². The number of rotatable bonds is 0. The van der Waals surface area contributed by atoms with Gasteiger partial charge in [0.05, 0.1) is 0 Å². The molecule has 6 aliphatic heterocycles. The van der Waals surface area contributed by atoms with Gasteiger partial charge in [-0.2, -0.15) is 0 Å². The van der Waals surface area contributed by atoms with Crippen LogP contribution in [0.2, 0.25) is 0 Å². The van der Waals surface area contributed by atoms with Crippen molar-refractivity contribution in [2.24, 2.45) is 17.8 Å². The summed E-state index contributed by atoms with van der Waals surface area (Å²) >= 11 is 0. The average Bonchev–Trinajstić information content (AvgIpc) is 2.86. The summed E-state index contributed by atoms with van der Waals surface area (Å²) in [7, 11) is 0. The molecule has 0 radical (unpaired) electrons. The molecule has 2 saturated heterocycles. The fourth-order valence-electron chi connectivity index (χ4n) is 7.65. The van der Waals surface area contributed by atoms with Gasteiger partial charge in [0, 0.05) is 19.1 Å². The first-order valence-electron chi connectivity index (χ1n) is 15.7. The number of nitrogens with zero attached hydrogens (tertiary/aromatic N) is 2. The zero-order chi connectivity index (χ0) is 23.3. The molecule has 0 spiro atoms. The summed E-state index contributed by atoms with van der Waals surface area (Å²) in [5.41, 5.74) is 0. The fourth-order valence-corrected chi connectivity index (χ4v) is 7.65. The first-order chi connectivity index (χ1) is 16.9. The molecule has 6 atom stereocenters. The Balaban J connectivity index is 1.47. The van der Waals surface area contributed by atoms with Gasteiger partial charge in [0.2, 0.25) is 0 Å². The van der Waals surface area contributed by atoms with E-state index in [0.717, 1.165) is 23.8 Å². The molecule has 194 valence electrons. The van der Waals surface area contributed by atoms with Crippen molar-refractivity contribution < 1.29 is 0 Å². The Hall–Kier alpha value is -0.600. The number of allylic oxidation sites excluding steroid dienone is 4. The van der Waals surface area contributed by atoms with Crippen molar-refractivity contribution in [2.75, 3.05) is 32.7 Å². The Kier molecular flexibility index (Phi) is 12.1. The smallest absolute Gasteiger partial charge is 0.00954 e. The minimum Gasteiger partial charge on any atom is -0.303 e. The summed E-state index contributed by atoms with van der Waals surface area (Å²) in [6.07, 6.45) is 36.8. The molecule has 2 heteroatoms. The average molecular weight is 469 g/mol. The van der Waals surface area contributed by atoms with E-state index in [1.165, 1.54) is 155 Å². The van der Waals surface area contributed by atoms with Gasteiger partial charge in [0.25, 0.3) is 0 Å². The van der Waals surface area contributed by atoms with Crippen LogP contribution in [0.15, 0.2) is 24.3 Å². The van der Waals surface area contributed by atoms with Crippen LogP contribution in [-0.4, -0.2) is 48.6 Å². The maximum absolute atomic E-state index is 3.00. The SMILES string of the molecule is C1=CCCCCN2CC3CCC2CCCCC=CCCCCN2CCC3C(CCCCCC1)C2. The second-order valence-corrected chi connectivity index (χ2v) is 12.2. The number of hydrogen-bond acceptors (Lipinski definition) is 2. The van der Waals surface area contributed by atoms with Gasteiger partial charge >= 0.3 is 0 Å². The summed E-state index contributed by atoms with van der Waals surface area (Å²) in [6.45, 7) is 6.91. The third kappa shape index (κ3) is 8.81. The van der Waals surface area contributed by atoms with E-state index in [4.69, 9.17) is 0 Å². The molecule has 6 heterocycles. The summed E-state index contributed by atoms with van der Waals surface area (Å²) < 4.78 is 0. The van der Waals surface area contributed by atoms with Gasteiger partial charge in [-0.1, -0.05) is 50.0 Å². The molecule has 34 heavy (non-hydrogen) atoms. The second-order valence-electron chi connectivity index (χ2n) is 12.2. The van der Waals surface area contributed by atoms with E-state index in [-0.39, 0.29) is 0 Å². The zero-order valence-corrected chi connectivity index (χ0v) is 22.5. The molecule has 0 aromatic heterocycles. The van der Waals surface area contributed by atoms with Crippen molar-refractivity contribution in [3.05, 3.63) is 24.3 Å². The van der Waals surface area contributed by atoms with Gasteiger partial charge in [0.15, 0.2) is 0 Å². The Morgan fingerprint density at radius 2 is 1.06 bits per heavy atom. The zero-order valence-electron chi connectivity index (χ0n) is 22.5. The third-order valence-electron chi connectivity index (χ3n) is 9.69. The largest absolute Gasteiger partial charge is 0.303 e. The molecule has 0 aliphatic carbocycles. The van der Waals surface area contributed by atoms with Gasteiger partial charge in [0.1, 0.15) is 0 Å². The maximum atomic E-state index is 3.00. The highest BCUT2D eigenvalue weighted by Crippen LogP contribution is 2.40. The summed E-state index contributed by atoms with van der Waals surface area (Å²) in [4.78, 5) is 5.86. The molecule has 0 saturated carbocycles. The summed E-state index contributed by atoms with van der Waals surface area (Å²) in [6, 6.07) is 0.871. The predicted octanol–water partition coefficient (Wildman–Crippen LogP) is 8.39. The highest BCUT2D eigenvalue weighted by Gasteiger charge is 2.38. The molecule has 2 fully saturated rings. The molecule has 0 amide bonds. The molecule has 0 aromatic rings. The molecule has 0 aromatic carbocycles. The molecule has 6 rings (SSSR count). The van der Waals surface area contributed by atoms with Crippen LogP contribution in [0.5, 0.6) is 0 Å². The molecule has 2 nitrogen and oxygen atoms in total. The van der Waals surface area contributed by atoms with Gasteiger partial charge in [-0.15, -0.1) is 0 Å². The van der Waals surface area contributed by atoms with Crippen LogP contribution < -0.4 is 0 Å². The van der Waals surface area contributed by atoms with E-state index < -0.39 is 0 Å². The van der Waals surface area contributed by atoms with Gasteiger partial charge < -0.3 is 9.80 Å². The van der Waals surface area contributed by atoms with Crippen LogP contribution in [0.1, 0.15) is 122 Å². The standard InChI is InChI=1S/C32H56N2/c1-2-5-10-14-18-25-34-28-30-21-22-31(34)20-16-12-8-4-6-9-13-17-24-33-26-23-32(30)29(27-33)19-15-11-7-3-1/h2,4-6,29-32H,1,3,7-28H2. The molecular formula is C32H56N2. The molecule has 0 N–H and O–H groups in total. The monoisotopic (exact) mass is 468 g/mol. The lowest BCUT2D eigenvalue weighted by molar-refractivity contribution is 0.0159. The van der Waals surface area contributed by atoms with Crippen LogP contribution in [0.4, 0.5) is 0 Å². The van der Waals surface area contributed by atoms with E-state index in [9.17, 15) is 0 Å². The number of fused-ring (bicyclic) bond motifs is 1. The lowest BCUT2D eigenvalue weighted by Crippen LogP contribution is -2.50. The van der Waals surface area contributed by atoms with Crippen molar-refractivity contribution in [3.8, 4) is 0 Å². The third-order valence-corrected chi connectivity index (χ3v) is 9.69. The predicted molar refractivity (Wildman–Crippen MR) is 148 cm³/mol. The van der Waals surface area contributed by atoms with E-state index in [1.807, 2.05) is 0 Å². The first kappa shape index (κ1) is 26.5. The normalized spacial score (nSPS) is 37.9. The molecule has 6 bridgehead atoms. The molecule has 6 unspecified atom stereocenters. The van der Waals surface area contributed by atoms with Crippen LogP contribution in [0.3, 0.4) is 0 Å². The number of piperidine rings is 2. The Morgan fingerprint density at radius 1 is 0.441 bits per heavy atom. The molecular weight excluding hydrogens is 412 g/mol. The quantitative estimate of drug-likeness (QED) is 0.329. The maximum Gasteiger partial charge on any atom is 0.00954 e. The van der Waals surface area contributed by atoms with Crippen molar-refractivity contribution in [1.29, 1.82) is 0 Å². The van der Waals surface area contributed by atoms with Crippen LogP contribution in [0.25, 0.3) is 0 Å². The van der Waals surface area contributed by atoms with Crippen LogP contribution in [-0.2, 0) is 0 Å². The van der Waals surface area contributed by atoms with Crippen molar-refractivity contribution >= 4 is 0 Å². The van der Waals surface area contributed by atoms with E-state index in [2.05, 4.69) is 34.1 Å². The minimum absolute atomic E-state index is 0.871. The van der Waals surface area contributed by atoms with Gasteiger partial charge in [-0.05, 0) is 134 Å². The fraction of sp³-hybridized carbons (Fsp3) is 0.875.